The molecule has 0 aromatic carbocycles. The predicted molar refractivity (Wildman–Crippen MR) is 71.0 cm³/mol. The molecule has 0 aromatic heterocycles. The highest BCUT2D eigenvalue weighted by molar-refractivity contribution is 8.07. The van der Waals surface area contributed by atoms with Crippen molar-refractivity contribution in [2.24, 2.45) is 5.73 Å². The molecular formula is C9H22NO6PS. The van der Waals surface area contributed by atoms with Crippen LogP contribution in [0.15, 0.2) is 0 Å². The van der Waals surface area contributed by atoms with Crippen molar-refractivity contribution in [3.63, 3.8) is 0 Å². The zero-order chi connectivity index (χ0) is 13.7. The van der Waals surface area contributed by atoms with Gasteiger partial charge < -0.3 is 33.9 Å². The Hall–Kier alpha value is 0.370. The average Bonchev–Trinajstić information content (AvgIpc) is 2.36. The normalized spacial score (nSPS) is 14.6. The van der Waals surface area contributed by atoms with E-state index in [4.69, 9.17) is 24.5 Å². The lowest BCUT2D eigenvalue weighted by Crippen LogP contribution is -2.14. The maximum absolute atomic E-state index is 9.25. The molecule has 0 aromatic rings. The van der Waals surface area contributed by atoms with Gasteiger partial charge in [-0.1, -0.05) is 0 Å². The first-order chi connectivity index (χ1) is 8.62. The van der Waals surface area contributed by atoms with Crippen LogP contribution in [0.2, 0.25) is 0 Å². The minimum Gasteiger partial charge on any atom is -0.378 e. The number of hydrogen-bond acceptors (Lipinski definition) is 7. The number of nitrogens with two attached hydrogens (primary N) is 1. The molecule has 0 aliphatic heterocycles. The maximum atomic E-state index is 9.25. The van der Waals surface area contributed by atoms with E-state index in [0.29, 0.717) is 46.2 Å². The van der Waals surface area contributed by atoms with Gasteiger partial charge in [-0.05, 0) is 11.8 Å². The SMILES string of the molecule is COP(O)(=S)OCCOCCOCCOCCN. The fraction of sp³-hybridized carbons (Fsp3) is 1.00. The minimum absolute atomic E-state index is 0.196. The van der Waals surface area contributed by atoms with Crippen LogP contribution >= 0.6 is 6.72 Å². The number of hydrogen-bond donors (Lipinski definition) is 2. The second kappa shape index (κ2) is 12.4. The van der Waals surface area contributed by atoms with E-state index in [2.05, 4.69) is 16.3 Å². The van der Waals surface area contributed by atoms with Crippen molar-refractivity contribution < 1.29 is 28.2 Å². The summed E-state index contributed by atoms with van der Waals surface area (Å²) in [6.07, 6.45) is 0. The Labute approximate surface area is 113 Å². The molecule has 3 N–H and O–H groups in total. The fourth-order valence-corrected chi connectivity index (χ4v) is 1.52. The summed E-state index contributed by atoms with van der Waals surface area (Å²) in [5, 5.41) is 0. The summed E-state index contributed by atoms with van der Waals surface area (Å²) < 4.78 is 25.0. The van der Waals surface area contributed by atoms with Gasteiger partial charge in [-0.15, -0.1) is 0 Å². The van der Waals surface area contributed by atoms with E-state index in [1.807, 2.05) is 0 Å². The van der Waals surface area contributed by atoms with Gasteiger partial charge in [0.25, 0.3) is 0 Å². The highest BCUT2D eigenvalue weighted by Crippen LogP contribution is 2.41. The van der Waals surface area contributed by atoms with Crippen LogP contribution in [0.1, 0.15) is 0 Å². The van der Waals surface area contributed by atoms with Gasteiger partial charge >= 0.3 is 6.72 Å². The molecule has 1 atom stereocenters. The van der Waals surface area contributed by atoms with Crippen molar-refractivity contribution in [1.29, 1.82) is 0 Å². The van der Waals surface area contributed by atoms with Crippen molar-refractivity contribution in [3.8, 4) is 0 Å². The Kier molecular flexibility index (Phi) is 12.7. The summed E-state index contributed by atoms with van der Waals surface area (Å²) in [7, 11) is 1.31. The summed E-state index contributed by atoms with van der Waals surface area (Å²) in [5.74, 6) is 0. The Balaban J connectivity index is 3.10. The Morgan fingerprint density at radius 2 is 1.39 bits per heavy atom. The van der Waals surface area contributed by atoms with Crippen LogP contribution in [0.3, 0.4) is 0 Å². The predicted octanol–water partition coefficient (Wildman–Crippen LogP) is -0.125. The molecule has 1 unspecified atom stereocenters. The molecule has 0 heterocycles. The van der Waals surface area contributed by atoms with Crippen LogP contribution in [0.5, 0.6) is 0 Å². The first-order valence-electron chi connectivity index (χ1n) is 5.58. The van der Waals surface area contributed by atoms with Crippen LogP contribution in [0.25, 0.3) is 0 Å². The quantitative estimate of drug-likeness (QED) is 0.359. The van der Waals surface area contributed by atoms with Crippen molar-refractivity contribution in [2.45, 2.75) is 0 Å². The molecule has 0 bridgehead atoms. The molecule has 9 heteroatoms. The topological polar surface area (TPSA) is 92.4 Å². The molecule has 0 saturated heterocycles. The highest BCUT2D eigenvalue weighted by atomic mass is 32.5. The largest absolute Gasteiger partial charge is 0.378 e. The number of rotatable bonds is 13. The molecule has 18 heavy (non-hydrogen) atoms. The van der Waals surface area contributed by atoms with Gasteiger partial charge in [0.1, 0.15) is 0 Å². The van der Waals surface area contributed by atoms with Crippen LogP contribution in [0.4, 0.5) is 0 Å². The van der Waals surface area contributed by atoms with Crippen molar-refractivity contribution >= 4 is 18.5 Å². The highest BCUT2D eigenvalue weighted by Gasteiger charge is 2.10. The molecule has 0 radical (unpaired) electrons. The van der Waals surface area contributed by atoms with Gasteiger partial charge in [-0.3, -0.25) is 0 Å². The summed E-state index contributed by atoms with van der Waals surface area (Å²) >= 11 is 4.63. The molecule has 0 fully saturated rings. The molecule has 0 saturated carbocycles. The molecular weight excluding hydrogens is 281 g/mol. The standard InChI is InChI=1S/C9H22NO6PS/c1-12-17(11,18)16-9-8-15-7-6-14-5-4-13-3-2-10/h2-10H2,1H3,(H,11,18). The van der Waals surface area contributed by atoms with Gasteiger partial charge in [0.15, 0.2) is 0 Å². The summed E-state index contributed by atoms with van der Waals surface area (Å²) in [6, 6.07) is 0. The van der Waals surface area contributed by atoms with E-state index in [1.54, 1.807) is 0 Å². The Morgan fingerprint density at radius 3 is 1.83 bits per heavy atom. The lowest BCUT2D eigenvalue weighted by Gasteiger charge is -2.12. The van der Waals surface area contributed by atoms with Crippen LogP contribution in [-0.4, -0.2) is 64.8 Å². The monoisotopic (exact) mass is 303 g/mol. The molecule has 0 spiro atoms. The molecule has 0 rings (SSSR count). The zero-order valence-corrected chi connectivity index (χ0v) is 12.3. The van der Waals surface area contributed by atoms with E-state index in [-0.39, 0.29) is 6.61 Å². The van der Waals surface area contributed by atoms with Gasteiger partial charge in [0, 0.05) is 13.7 Å². The van der Waals surface area contributed by atoms with E-state index in [1.165, 1.54) is 7.11 Å². The smallest absolute Gasteiger partial charge is 0.324 e. The Morgan fingerprint density at radius 1 is 0.944 bits per heavy atom. The third-order valence-corrected chi connectivity index (χ3v) is 3.45. The van der Waals surface area contributed by atoms with E-state index in [9.17, 15) is 4.89 Å². The lowest BCUT2D eigenvalue weighted by atomic mass is 10.7. The summed E-state index contributed by atoms with van der Waals surface area (Å²) in [4.78, 5) is 9.25. The van der Waals surface area contributed by atoms with Gasteiger partial charge in [0.2, 0.25) is 0 Å². The summed E-state index contributed by atoms with van der Waals surface area (Å²) in [6.45, 7) is 0.497. The first-order valence-corrected chi connectivity index (χ1v) is 8.18. The summed E-state index contributed by atoms with van der Waals surface area (Å²) in [5.41, 5.74) is 5.25. The Bertz CT molecular complexity index is 233. The van der Waals surface area contributed by atoms with Crippen LogP contribution < -0.4 is 5.73 Å². The molecule has 110 valence electrons. The van der Waals surface area contributed by atoms with Gasteiger partial charge in [-0.25, -0.2) is 0 Å². The first kappa shape index (κ1) is 18.4. The molecule has 0 aliphatic carbocycles. The molecule has 0 amide bonds. The van der Waals surface area contributed by atoms with E-state index in [0.717, 1.165) is 0 Å². The van der Waals surface area contributed by atoms with Crippen molar-refractivity contribution in [1.82, 2.24) is 0 Å². The molecule has 0 aliphatic rings. The third kappa shape index (κ3) is 12.8. The second-order valence-electron chi connectivity index (χ2n) is 3.11. The maximum Gasteiger partial charge on any atom is 0.324 e. The third-order valence-electron chi connectivity index (χ3n) is 1.72. The number of ether oxygens (including phenoxy) is 3. The average molecular weight is 303 g/mol. The minimum atomic E-state index is -3.06. The van der Waals surface area contributed by atoms with E-state index >= 15 is 0 Å². The second-order valence-corrected chi connectivity index (χ2v) is 6.05. The molecule has 7 nitrogen and oxygen atoms in total. The van der Waals surface area contributed by atoms with E-state index < -0.39 is 6.72 Å². The lowest BCUT2D eigenvalue weighted by molar-refractivity contribution is 0.00957. The fourth-order valence-electron chi connectivity index (χ4n) is 0.889. The van der Waals surface area contributed by atoms with Crippen molar-refractivity contribution in [2.75, 3.05) is 59.9 Å². The van der Waals surface area contributed by atoms with Gasteiger partial charge in [0.05, 0.1) is 46.2 Å². The van der Waals surface area contributed by atoms with Crippen LogP contribution in [0, 0.1) is 0 Å². The van der Waals surface area contributed by atoms with Crippen LogP contribution in [-0.2, 0) is 35.1 Å². The van der Waals surface area contributed by atoms with Crippen molar-refractivity contribution in [3.05, 3.63) is 0 Å². The van der Waals surface area contributed by atoms with Gasteiger partial charge in [-0.2, -0.15) is 0 Å². The zero-order valence-electron chi connectivity index (χ0n) is 10.6.